The Balaban J connectivity index is 2.27. The van der Waals surface area contributed by atoms with Gasteiger partial charge in [-0.25, -0.2) is 0 Å². The van der Waals surface area contributed by atoms with Gasteiger partial charge in [0.05, 0.1) is 32.0 Å². The SMILES string of the molecule is CCCCC/C=C/CC/C=C/CC/C=C/C(O)C(COC1OC(CO)C(O)C(O)C1O)NC(=O)CC/C=C\C/C=C\CCCCCCCCOC(=O)CCCCCCCCCCCCC. The van der Waals surface area contributed by atoms with Crippen LogP contribution in [0.15, 0.2) is 60.8 Å². The summed E-state index contributed by atoms with van der Waals surface area (Å²) in [5, 5.41) is 54.1. The lowest BCUT2D eigenvalue weighted by Gasteiger charge is -2.40. The summed E-state index contributed by atoms with van der Waals surface area (Å²) in [7, 11) is 0. The topological polar surface area (TPSA) is 175 Å². The molecular weight excluding hydrogens is 823 g/mol. The molecule has 0 bridgehead atoms. The summed E-state index contributed by atoms with van der Waals surface area (Å²) in [5.74, 6) is -0.322. The number of ether oxygens (including phenoxy) is 3. The molecule has 11 heteroatoms. The molecule has 7 unspecified atom stereocenters. The molecule has 1 saturated heterocycles. The van der Waals surface area contributed by atoms with Crippen LogP contribution in [-0.2, 0) is 23.8 Å². The number of nitrogens with one attached hydrogen (secondary N) is 1. The molecule has 0 aromatic carbocycles. The second-order valence-corrected chi connectivity index (χ2v) is 17.8. The summed E-state index contributed by atoms with van der Waals surface area (Å²) >= 11 is 0. The molecule has 0 radical (unpaired) electrons. The molecule has 0 saturated carbocycles. The molecule has 0 aliphatic carbocycles. The van der Waals surface area contributed by atoms with Gasteiger partial charge in [0.25, 0.3) is 0 Å². The first-order valence-corrected chi connectivity index (χ1v) is 26.1. The van der Waals surface area contributed by atoms with Crippen molar-refractivity contribution in [1.82, 2.24) is 5.32 Å². The minimum atomic E-state index is -1.60. The molecule has 7 atom stereocenters. The van der Waals surface area contributed by atoms with Gasteiger partial charge < -0.3 is 45.1 Å². The van der Waals surface area contributed by atoms with E-state index in [1.165, 1.54) is 89.9 Å². The first-order chi connectivity index (χ1) is 31.7. The summed E-state index contributed by atoms with van der Waals surface area (Å²) < 4.78 is 16.6. The van der Waals surface area contributed by atoms with Crippen LogP contribution in [0.1, 0.15) is 206 Å². The quantitative estimate of drug-likeness (QED) is 0.0196. The Morgan fingerprint density at radius 3 is 1.68 bits per heavy atom. The third-order valence-corrected chi connectivity index (χ3v) is 11.8. The fourth-order valence-electron chi connectivity index (χ4n) is 7.63. The molecule has 1 rings (SSSR count). The van der Waals surface area contributed by atoms with Crippen molar-refractivity contribution in [1.29, 1.82) is 0 Å². The van der Waals surface area contributed by atoms with Crippen molar-refractivity contribution in [2.75, 3.05) is 19.8 Å². The maximum atomic E-state index is 12.9. The molecule has 65 heavy (non-hydrogen) atoms. The van der Waals surface area contributed by atoms with Crippen molar-refractivity contribution in [2.45, 2.75) is 249 Å². The Morgan fingerprint density at radius 2 is 1.06 bits per heavy atom. The summed E-state index contributed by atoms with van der Waals surface area (Å²) in [4.78, 5) is 25.0. The summed E-state index contributed by atoms with van der Waals surface area (Å²) in [6.45, 7) is 4.17. The Morgan fingerprint density at radius 1 is 0.569 bits per heavy atom. The summed E-state index contributed by atoms with van der Waals surface area (Å²) in [6.07, 6.45) is 44.5. The highest BCUT2D eigenvalue weighted by Gasteiger charge is 2.44. The highest BCUT2D eigenvalue weighted by molar-refractivity contribution is 5.76. The zero-order chi connectivity index (χ0) is 47.4. The molecule has 1 fully saturated rings. The normalized spacial score (nSPS) is 20.3. The zero-order valence-corrected chi connectivity index (χ0v) is 40.9. The van der Waals surface area contributed by atoms with Gasteiger partial charge in [-0.1, -0.05) is 177 Å². The van der Waals surface area contributed by atoms with E-state index in [0.29, 0.717) is 25.9 Å². The van der Waals surface area contributed by atoms with Crippen molar-refractivity contribution < 1.29 is 49.3 Å². The number of amides is 1. The van der Waals surface area contributed by atoms with Gasteiger partial charge in [-0.2, -0.15) is 0 Å². The Hall–Kier alpha value is -2.64. The predicted molar refractivity (Wildman–Crippen MR) is 264 cm³/mol. The van der Waals surface area contributed by atoms with Crippen molar-refractivity contribution >= 4 is 11.9 Å². The van der Waals surface area contributed by atoms with Crippen LogP contribution in [0.25, 0.3) is 0 Å². The van der Waals surface area contributed by atoms with E-state index in [4.69, 9.17) is 14.2 Å². The fourth-order valence-corrected chi connectivity index (χ4v) is 7.63. The lowest BCUT2D eigenvalue weighted by molar-refractivity contribution is -0.302. The van der Waals surface area contributed by atoms with Crippen molar-refractivity contribution in [3.63, 3.8) is 0 Å². The number of allylic oxidation sites excluding steroid dienone is 9. The van der Waals surface area contributed by atoms with Crippen molar-refractivity contribution in [3.8, 4) is 0 Å². The standard InChI is InChI=1S/C54H95NO10/c1-3-5-7-9-11-13-15-17-21-24-28-32-36-40-47(57)46(45-64-54-53(62)52(61)51(60)48(44-56)65-54)55-49(58)41-37-33-29-25-22-18-16-19-23-27-31-35-39-43-63-50(59)42-38-34-30-26-20-14-12-10-8-6-4-2/h11,13,18,21-22,24,29,33,36,40,46-48,51-54,56-57,60-62H,3-10,12,14-17,19-20,23,25-28,30-32,34-35,37-39,41-45H2,1-2H3,(H,55,58)/b13-11+,22-18-,24-21+,33-29-,40-36+. The first-order valence-electron chi connectivity index (χ1n) is 26.1. The van der Waals surface area contributed by atoms with E-state index in [2.05, 4.69) is 55.6 Å². The number of hydrogen-bond donors (Lipinski definition) is 6. The van der Waals surface area contributed by atoms with E-state index >= 15 is 0 Å². The lowest BCUT2D eigenvalue weighted by Crippen LogP contribution is -2.60. The number of carbonyl (C=O) groups excluding carboxylic acids is 2. The van der Waals surface area contributed by atoms with E-state index < -0.39 is 49.5 Å². The smallest absolute Gasteiger partial charge is 0.305 e. The third kappa shape index (κ3) is 34.3. The molecule has 1 aliphatic heterocycles. The van der Waals surface area contributed by atoms with Gasteiger partial charge in [-0.15, -0.1) is 0 Å². The Bertz CT molecular complexity index is 1270. The Labute approximate surface area is 395 Å². The van der Waals surface area contributed by atoms with Crippen LogP contribution in [0.3, 0.4) is 0 Å². The highest BCUT2D eigenvalue weighted by atomic mass is 16.7. The van der Waals surface area contributed by atoms with Gasteiger partial charge in [0.2, 0.25) is 5.91 Å². The van der Waals surface area contributed by atoms with Crippen molar-refractivity contribution in [3.05, 3.63) is 60.8 Å². The van der Waals surface area contributed by atoms with E-state index in [0.717, 1.165) is 77.0 Å². The molecule has 0 aromatic heterocycles. The molecule has 376 valence electrons. The van der Waals surface area contributed by atoms with Gasteiger partial charge in [0, 0.05) is 12.8 Å². The summed E-state index contributed by atoms with van der Waals surface area (Å²) in [6, 6.07) is -0.879. The number of rotatable bonds is 43. The third-order valence-electron chi connectivity index (χ3n) is 11.8. The molecule has 1 aliphatic rings. The number of aliphatic hydroxyl groups excluding tert-OH is 5. The second-order valence-electron chi connectivity index (χ2n) is 17.8. The first kappa shape index (κ1) is 60.4. The number of aliphatic hydroxyl groups is 5. The van der Waals surface area contributed by atoms with E-state index in [9.17, 15) is 35.1 Å². The van der Waals surface area contributed by atoms with Crippen LogP contribution in [0.4, 0.5) is 0 Å². The van der Waals surface area contributed by atoms with E-state index in [1.807, 2.05) is 18.2 Å². The number of esters is 1. The van der Waals surface area contributed by atoms with Crippen molar-refractivity contribution in [2.24, 2.45) is 0 Å². The molecule has 1 heterocycles. The zero-order valence-electron chi connectivity index (χ0n) is 40.9. The van der Waals surface area contributed by atoms with E-state index in [-0.39, 0.29) is 24.9 Å². The number of unbranched alkanes of at least 4 members (excludes halogenated alkanes) is 21. The van der Waals surface area contributed by atoms with E-state index in [1.54, 1.807) is 6.08 Å². The van der Waals surface area contributed by atoms with Gasteiger partial charge in [0.15, 0.2) is 6.29 Å². The van der Waals surface area contributed by atoms with Gasteiger partial charge in [-0.3, -0.25) is 9.59 Å². The molecular formula is C54H95NO10. The minimum Gasteiger partial charge on any atom is -0.466 e. The lowest BCUT2D eigenvalue weighted by atomic mass is 9.99. The highest BCUT2D eigenvalue weighted by Crippen LogP contribution is 2.22. The molecule has 1 amide bonds. The predicted octanol–water partition coefficient (Wildman–Crippen LogP) is 10.7. The average molecular weight is 918 g/mol. The maximum Gasteiger partial charge on any atom is 0.305 e. The van der Waals surface area contributed by atoms with Crippen LogP contribution in [-0.4, -0.2) is 100 Å². The average Bonchev–Trinajstić information content (AvgIpc) is 3.30. The number of hydrogen-bond acceptors (Lipinski definition) is 10. The largest absolute Gasteiger partial charge is 0.466 e. The minimum absolute atomic E-state index is 0.0426. The summed E-state index contributed by atoms with van der Waals surface area (Å²) in [5.41, 5.74) is 0. The van der Waals surface area contributed by atoms with Crippen LogP contribution < -0.4 is 5.32 Å². The van der Waals surface area contributed by atoms with Crippen LogP contribution in [0.5, 0.6) is 0 Å². The second kappa shape index (κ2) is 43.9. The van der Waals surface area contributed by atoms with Crippen LogP contribution in [0, 0.1) is 0 Å². The van der Waals surface area contributed by atoms with Gasteiger partial charge in [0.1, 0.15) is 24.4 Å². The molecule has 11 nitrogen and oxygen atoms in total. The van der Waals surface area contributed by atoms with Crippen LogP contribution >= 0.6 is 0 Å². The molecule has 0 spiro atoms. The van der Waals surface area contributed by atoms with Gasteiger partial charge in [-0.05, 0) is 77.0 Å². The van der Waals surface area contributed by atoms with Crippen LogP contribution in [0.2, 0.25) is 0 Å². The monoisotopic (exact) mass is 918 g/mol. The maximum absolute atomic E-state index is 12.9. The Kier molecular flexibility index (Phi) is 40.8. The molecule has 0 aromatic rings. The fraction of sp³-hybridized carbons (Fsp3) is 0.778. The number of carbonyl (C=O) groups is 2. The molecule has 6 N–H and O–H groups in total. The van der Waals surface area contributed by atoms with Gasteiger partial charge >= 0.3 is 5.97 Å².